The molecule has 3 rings (SSSR count). The van der Waals surface area contributed by atoms with Crippen molar-refractivity contribution in [2.75, 3.05) is 14.1 Å². The second kappa shape index (κ2) is 11.1. The molecule has 1 aliphatic rings. The van der Waals surface area contributed by atoms with Gasteiger partial charge in [-0.2, -0.15) is 0 Å². The van der Waals surface area contributed by atoms with Gasteiger partial charge >= 0.3 is 0 Å². The van der Waals surface area contributed by atoms with Crippen molar-refractivity contribution in [3.05, 3.63) is 46.5 Å². The van der Waals surface area contributed by atoms with Gasteiger partial charge in [0.2, 0.25) is 5.91 Å². The number of ketones is 1. The first-order valence-electron chi connectivity index (χ1n) is 12.4. The molecular formula is C27H40N4O2. The van der Waals surface area contributed by atoms with Crippen LogP contribution in [0.25, 0.3) is 0 Å². The maximum absolute atomic E-state index is 13.2. The zero-order chi connectivity index (χ0) is 24.1. The Morgan fingerprint density at radius 2 is 1.85 bits per heavy atom. The molecule has 6 heteroatoms. The minimum atomic E-state index is -0.245. The summed E-state index contributed by atoms with van der Waals surface area (Å²) in [7, 11) is 3.53. The highest BCUT2D eigenvalue weighted by atomic mass is 16.2. The predicted molar refractivity (Wildman–Crippen MR) is 131 cm³/mol. The van der Waals surface area contributed by atoms with E-state index in [1.165, 1.54) is 5.56 Å². The normalized spacial score (nSPS) is 14.5. The third kappa shape index (κ3) is 6.99. The summed E-state index contributed by atoms with van der Waals surface area (Å²) in [5, 5.41) is 9.11. The molecule has 0 spiro atoms. The van der Waals surface area contributed by atoms with E-state index in [9.17, 15) is 9.59 Å². The van der Waals surface area contributed by atoms with Gasteiger partial charge in [0, 0.05) is 51.7 Å². The molecule has 2 aromatic rings. The molecule has 180 valence electrons. The number of hydrogen-bond donors (Lipinski definition) is 0. The lowest BCUT2D eigenvalue weighted by atomic mass is 9.92. The zero-order valence-corrected chi connectivity index (χ0v) is 21.2. The Bertz CT molecular complexity index is 972. The van der Waals surface area contributed by atoms with Crippen LogP contribution in [0.15, 0.2) is 18.2 Å². The van der Waals surface area contributed by atoms with E-state index in [0.717, 1.165) is 54.9 Å². The average molecular weight is 453 g/mol. The van der Waals surface area contributed by atoms with Crippen LogP contribution in [0.2, 0.25) is 0 Å². The van der Waals surface area contributed by atoms with E-state index in [0.29, 0.717) is 24.8 Å². The van der Waals surface area contributed by atoms with Crippen LogP contribution in [0.5, 0.6) is 0 Å². The Hall–Kier alpha value is -2.50. The molecule has 0 aliphatic heterocycles. The van der Waals surface area contributed by atoms with E-state index < -0.39 is 0 Å². The SMILES string of the molecule is Cc1ccc(CC(=O)CC(CC(=O)N(C)C)c2nnc(CCCC(C)C)n2C2CC2)c(C)c1. The molecule has 1 unspecified atom stereocenters. The van der Waals surface area contributed by atoms with Gasteiger partial charge in [0.05, 0.1) is 0 Å². The van der Waals surface area contributed by atoms with Crippen molar-refractivity contribution in [1.82, 2.24) is 19.7 Å². The van der Waals surface area contributed by atoms with E-state index in [4.69, 9.17) is 0 Å². The van der Waals surface area contributed by atoms with Crippen LogP contribution < -0.4 is 0 Å². The third-order valence-corrected chi connectivity index (χ3v) is 6.53. The Kier molecular flexibility index (Phi) is 8.44. The van der Waals surface area contributed by atoms with Gasteiger partial charge in [-0.25, -0.2) is 0 Å². The number of aryl methyl sites for hydroxylation is 3. The smallest absolute Gasteiger partial charge is 0.222 e. The Labute approximate surface area is 198 Å². The molecule has 1 aromatic carbocycles. The number of Topliss-reactive ketones (excluding diaryl/α,β-unsaturated/α-hetero) is 1. The molecule has 33 heavy (non-hydrogen) atoms. The van der Waals surface area contributed by atoms with Gasteiger partial charge in [0.15, 0.2) is 0 Å². The molecule has 1 atom stereocenters. The first kappa shape index (κ1) is 25.1. The van der Waals surface area contributed by atoms with Crippen molar-refractivity contribution in [3.63, 3.8) is 0 Å². The summed E-state index contributed by atoms with van der Waals surface area (Å²) in [6.07, 6.45) is 6.34. The highest BCUT2D eigenvalue weighted by Gasteiger charge is 2.34. The van der Waals surface area contributed by atoms with Crippen LogP contribution in [-0.4, -0.2) is 45.5 Å². The molecule has 6 nitrogen and oxygen atoms in total. The van der Waals surface area contributed by atoms with Crippen LogP contribution >= 0.6 is 0 Å². The fraction of sp³-hybridized carbons (Fsp3) is 0.630. The fourth-order valence-corrected chi connectivity index (χ4v) is 4.44. The number of hydrogen-bond acceptors (Lipinski definition) is 4. The van der Waals surface area contributed by atoms with Crippen LogP contribution in [0, 0.1) is 19.8 Å². The summed E-state index contributed by atoms with van der Waals surface area (Å²) < 4.78 is 2.26. The van der Waals surface area contributed by atoms with Gasteiger partial charge in [0.1, 0.15) is 17.4 Å². The molecular weight excluding hydrogens is 412 g/mol. The topological polar surface area (TPSA) is 68.1 Å². The van der Waals surface area contributed by atoms with Crippen LogP contribution in [0.3, 0.4) is 0 Å². The van der Waals surface area contributed by atoms with Crippen molar-refractivity contribution >= 4 is 11.7 Å². The fourth-order valence-electron chi connectivity index (χ4n) is 4.44. The lowest BCUT2D eigenvalue weighted by molar-refractivity contribution is -0.129. The molecule has 0 saturated heterocycles. The summed E-state index contributed by atoms with van der Waals surface area (Å²) in [5.41, 5.74) is 3.39. The number of carbonyl (C=O) groups is 2. The third-order valence-electron chi connectivity index (χ3n) is 6.53. The summed E-state index contributed by atoms with van der Waals surface area (Å²) in [6, 6.07) is 6.62. The van der Waals surface area contributed by atoms with Gasteiger partial charge in [-0.1, -0.05) is 44.0 Å². The standard InChI is InChI=1S/C27H40N4O2/c1-18(2)8-7-9-25-28-29-27(31(25)23-12-13-23)22(17-26(33)30(5)6)16-24(32)15-21-11-10-19(3)14-20(21)4/h10-11,14,18,22-23H,7-9,12-13,15-17H2,1-6H3. The Morgan fingerprint density at radius 3 is 2.45 bits per heavy atom. The van der Waals surface area contributed by atoms with Gasteiger partial charge in [-0.3, -0.25) is 9.59 Å². The van der Waals surface area contributed by atoms with E-state index >= 15 is 0 Å². The highest BCUT2D eigenvalue weighted by molar-refractivity contribution is 5.83. The molecule has 1 amide bonds. The van der Waals surface area contributed by atoms with Crippen LogP contribution in [0.1, 0.15) is 92.7 Å². The minimum absolute atomic E-state index is 0.0195. The average Bonchev–Trinajstić information content (AvgIpc) is 3.48. The number of carbonyl (C=O) groups excluding carboxylic acids is 2. The van der Waals surface area contributed by atoms with E-state index in [-0.39, 0.29) is 24.0 Å². The van der Waals surface area contributed by atoms with Crippen LogP contribution in [0.4, 0.5) is 0 Å². The van der Waals surface area contributed by atoms with E-state index in [1.54, 1.807) is 19.0 Å². The zero-order valence-electron chi connectivity index (χ0n) is 21.2. The van der Waals surface area contributed by atoms with Gasteiger partial charge in [-0.05, 0) is 50.2 Å². The first-order chi connectivity index (χ1) is 15.7. The Balaban J connectivity index is 1.82. The van der Waals surface area contributed by atoms with Gasteiger partial charge in [-0.15, -0.1) is 10.2 Å². The summed E-state index contributed by atoms with van der Waals surface area (Å²) in [6.45, 7) is 8.59. The van der Waals surface area contributed by atoms with Crippen molar-refractivity contribution in [2.45, 2.75) is 91.0 Å². The number of rotatable bonds is 12. The van der Waals surface area contributed by atoms with Crippen molar-refractivity contribution in [2.24, 2.45) is 5.92 Å². The highest BCUT2D eigenvalue weighted by Crippen LogP contribution is 2.39. The van der Waals surface area contributed by atoms with E-state index in [2.05, 4.69) is 54.6 Å². The summed E-state index contributed by atoms with van der Waals surface area (Å²) in [5.74, 6) is 2.41. The molecule has 0 N–H and O–H groups in total. The van der Waals surface area contributed by atoms with Crippen molar-refractivity contribution < 1.29 is 9.59 Å². The summed E-state index contributed by atoms with van der Waals surface area (Å²) >= 11 is 0. The lowest BCUT2D eigenvalue weighted by Gasteiger charge is -2.20. The molecule has 1 aliphatic carbocycles. The molecule has 1 heterocycles. The number of aromatic nitrogens is 3. The van der Waals surface area contributed by atoms with Gasteiger partial charge in [0.25, 0.3) is 0 Å². The Morgan fingerprint density at radius 1 is 1.12 bits per heavy atom. The minimum Gasteiger partial charge on any atom is -0.349 e. The quantitative estimate of drug-likeness (QED) is 0.456. The molecule has 1 saturated carbocycles. The molecule has 1 aromatic heterocycles. The maximum atomic E-state index is 13.2. The summed E-state index contributed by atoms with van der Waals surface area (Å²) in [4.78, 5) is 27.4. The number of amides is 1. The van der Waals surface area contributed by atoms with Crippen LogP contribution in [-0.2, 0) is 22.4 Å². The molecule has 0 radical (unpaired) electrons. The number of nitrogens with zero attached hydrogens (tertiary/aromatic N) is 4. The second-order valence-corrected chi connectivity index (χ2v) is 10.4. The monoisotopic (exact) mass is 452 g/mol. The molecule has 1 fully saturated rings. The molecule has 0 bridgehead atoms. The largest absolute Gasteiger partial charge is 0.349 e. The van der Waals surface area contributed by atoms with E-state index in [1.807, 2.05) is 6.07 Å². The second-order valence-electron chi connectivity index (χ2n) is 10.4. The van der Waals surface area contributed by atoms with Crippen molar-refractivity contribution in [3.8, 4) is 0 Å². The first-order valence-corrected chi connectivity index (χ1v) is 12.4. The predicted octanol–water partition coefficient (Wildman–Crippen LogP) is 4.97. The van der Waals surface area contributed by atoms with Crippen molar-refractivity contribution in [1.29, 1.82) is 0 Å². The number of benzene rings is 1. The maximum Gasteiger partial charge on any atom is 0.222 e. The van der Waals surface area contributed by atoms with Gasteiger partial charge < -0.3 is 9.47 Å². The lowest BCUT2D eigenvalue weighted by Crippen LogP contribution is -2.26.